The number of hydrogen-bond donors (Lipinski definition) is 0. The highest BCUT2D eigenvalue weighted by molar-refractivity contribution is 6.02. The monoisotopic (exact) mass is 247 g/mol. The maximum atomic E-state index is 12.4. The minimum atomic E-state index is -0.768. The highest BCUT2D eigenvalue weighted by atomic mass is 16.5. The highest BCUT2D eigenvalue weighted by Gasteiger charge is 2.40. The second-order valence-electron chi connectivity index (χ2n) is 5.39. The van der Waals surface area contributed by atoms with Crippen molar-refractivity contribution in [2.75, 3.05) is 11.4 Å². The van der Waals surface area contributed by atoms with Gasteiger partial charge in [-0.05, 0) is 44.9 Å². The molecule has 18 heavy (non-hydrogen) atoms. The highest BCUT2D eigenvalue weighted by Crippen LogP contribution is 2.38. The topological polar surface area (TPSA) is 29.5 Å². The molecular formula is C15H21NO2. The molecule has 0 saturated heterocycles. The first kappa shape index (κ1) is 12.9. The van der Waals surface area contributed by atoms with E-state index in [1.807, 2.05) is 43.9 Å². The Hall–Kier alpha value is -1.51. The summed E-state index contributed by atoms with van der Waals surface area (Å²) in [6.07, 6.45) is 2.08. The first-order chi connectivity index (χ1) is 8.45. The molecule has 3 nitrogen and oxygen atoms in total. The molecule has 1 amide bonds. The van der Waals surface area contributed by atoms with E-state index < -0.39 is 5.60 Å². The molecule has 0 atom stereocenters. The summed E-state index contributed by atoms with van der Waals surface area (Å²) in [6, 6.07) is 6.00. The number of carbonyl (C=O) groups excluding carboxylic acids is 1. The molecule has 1 aromatic rings. The molecule has 1 aliphatic rings. The molecule has 0 spiro atoms. The summed E-state index contributed by atoms with van der Waals surface area (Å²) < 4.78 is 5.81. The Labute approximate surface area is 109 Å². The van der Waals surface area contributed by atoms with E-state index in [2.05, 4.69) is 6.92 Å². The Morgan fingerprint density at radius 3 is 2.72 bits per heavy atom. The summed E-state index contributed by atoms with van der Waals surface area (Å²) in [6.45, 7) is 8.59. The smallest absolute Gasteiger partial charge is 0.270 e. The number of anilines is 1. The van der Waals surface area contributed by atoms with E-state index in [0.717, 1.165) is 36.4 Å². The Morgan fingerprint density at radius 2 is 2.06 bits per heavy atom. The SMILES string of the molecule is CCCCN1C(=O)C(C)(C)Oc2ccc(C)cc21. The van der Waals surface area contributed by atoms with Gasteiger partial charge in [0, 0.05) is 6.54 Å². The first-order valence-corrected chi connectivity index (χ1v) is 6.57. The van der Waals surface area contributed by atoms with Crippen LogP contribution >= 0.6 is 0 Å². The van der Waals surface area contributed by atoms with Crippen molar-refractivity contribution in [2.24, 2.45) is 0 Å². The van der Waals surface area contributed by atoms with Crippen LogP contribution in [0.4, 0.5) is 5.69 Å². The Balaban J connectivity index is 2.43. The van der Waals surface area contributed by atoms with Gasteiger partial charge in [0.05, 0.1) is 5.69 Å². The van der Waals surface area contributed by atoms with E-state index in [0.29, 0.717) is 0 Å². The molecule has 1 heterocycles. The Kier molecular flexibility index (Phi) is 3.33. The number of unbranched alkanes of at least 4 members (excludes halogenated alkanes) is 1. The second kappa shape index (κ2) is 4.63. The Morgan fingerprint density at radius 1 is 1.33 bits per heavy atom. The number of ether oxygens (including phenoxy) is 1. The fraction of sp³-hybridized carbons (Fsp3) is 0.533. The number of nitrogens with zero attached hydrogens (tertiary/aromatic N) is 1. The molecule has 98 valence electrons. The third-order valence-corrected chi connectivity index (χ3v) is 3.27. The van der Waals surface area contributed by atoms with Crippen LogP contribution < -0.4 is 9.64 Å². The molecule has 0 N–H and O–H groups in total. The average molecular weight is 247 g/mol. The lowest BCUT2D eigenvalue weighted by atomic mass is 10.0. The van der Waals surface area contributed by atoms with Crippen molar-refractivity contribution in [1.82, 2.24) is 0 Å². The van der Waals surface area contributed by atoms with Crippen molar-refractivity contribution in [3.05, 3.63) is 23.8 Å². The third kappa shape index (κ3) is 2.22. The van der Waals surface area contributed by atoms with Crippen LogP contribution in [0.2, 0.25) is 0 Å². The zero-order valence-corrected chi connectivity index (χ0v) is 11.6. The van der Waals surface area contributed by atoms with Crippen LogP contribution in [0.25, 0.3) is 0 Å². The number of hydrogen-bond acceptors (Lipinski definition) is 2. The lowest BCUT2D eigenvalue weighted by molar-refractivity contribution is -0.132. The minimum Gasteiger partial charge on any atom is -0.476 e. The molecule has 1 aliphatic heterocycles. The largest absolute Gasteiger partial charge is 0.476 e. The summed E-state index contributed by atoms with van der Waals surface area (Å²) in [5, 5.41) is 0. The summed E-state index contributed by atoms with van der Waals surface area (Å²) in [7, 11) is 0. The molecule has 0 radical (unpaired) electrons. The quantitative estimate of drug-likeness (QED) is 0.820. The van der Waals surface area contributed by atoms with Crippen LogP contribution in [-0.4, -0.2) is 18.1 Å². The van der Waals surface area contributed by atoms with Gasteiger partial charge in [-0.2, -0.15) is 0 Å². The van der Waals surface area contributed by atoms with Gasteiger partial charge in [-0.1, -0.05) is 19.4 Å². The Bertz CT molecular complexity index is 466. The molecule has 0 aliphatic carbocycles. The van der Waals surface area contributed by atoms with Gasteiger partial charge in [-0.25, -0.2) is 0 Å². The van der Waals surface area contributed by atoms with E-state index in [4.69, 9.17) is 4.74 Å². The fourth-order valence-electron chi connectivity index (χ4n) is 2.22. The molecule has 0 fully saturated rings. The van der Waals surface area contributed by atoms with Crippen molar-refractivity contribution in [3.8, 4) is 5.75 Å². The van der Waals surface area contributed by atoms with E-state index in [9.17, 15) is 4.79 Å². The van der Waals surface area contributed by atoms with Crippen molar-refractivity contribution < 1.29 is 9.53 Å². The van der Waals surface area contributed by atoms with E-state index in [1.54, 1.807) is 0 Å². The predicted molar refractivity (Wildman–Crippen MR) is 73.1 cm³/mol. The van der Waals surface area contributed by atoms with Gasteiger partial charge in [0.1, 0.15) is 5.75 Å². The van der Waals surface area contributed by atoms with E-state index >= 15 is 0 Å². The predicted octanol–water partition coefficient (Wildman–Crippen LogP) is 3.30. The number of fused-ring (bicyclic) bond motifs is 1. The lowest BCUT2D eigenvalue weighted by Gasteiger charge is -2.39. The average Bonchev–Trinajstić information content (AvgIpc) is 2.31. The van der Waals surface area contributed by atoms with Gasteiger partial charge < -0.3 is 9.64 Å². The minimum absolute atomic E-state index is 0.0500. The molecule has 0 unspecified atom stereocenters. The number of benzene rings is 1. The maximum Gasteiger partial charge on any atom is 0.270 e. The van der Waals surface area contributed by atoms with E-state index in [1.165, 1.54) is 0 Å². The normalized spacial score (nSPS) is 17.3. The zero-order chi connectivity index (χ0) is 13.3. The van der Waals surface area contributed by atoms with Crippen molar-refractivity contribution in [1.29, 1.82) is 0 Å². The number of carbonyl (C=O) groups is 1. The van der Waals surface area contributed by atoms with Crippen molar-refractivity contribution >= 4 is 11.6 Å². The molecular weight excluding hydrogens is 226 g/mol. The summed E-state index contributed by atoms with van der Waals surface area (Å²) in [4.78, 5) is 14.3. The molecule has 2 rings (SSSR count). The lowest BCUT2D eigenvalue weighted by Crippen LogP contribution is -2.52. The molecule has 0 bridgehead atoms. The van der Waals surface area contributed by atoms with Gasteiger partial charge in [0.15, 0.2) is 5.60 Å². The zero-order valence-electron chi connectivity index (χ0n) is 11.6. The van der Waals surface area contributed by atoms with Crippen LogP contribution in [0.3, 0.4) is 0 Å². The van der Waals surface area contributed by atoms with Crippen LogP contribution in [0.15, 0.2) is 18.2 Å². The second-order valence-corrected chi connectivity index (χ2v) is 5.39. The summed E-state index contributed by atoms with van der Waals surface area (Å²) in [5.74, 6) is 0.857. The summed E-state index contributed by atoms with van der Waals surface area (Å²) >= 11 is 0. The van der Waals surface area contributed by atoms with Gasteiger partial charge in [0.25, 0.3) is 5.91 Å². The number of amides is 1. The number of aryl methyl sites for hydroxylation is 1. The van der Waals surface area contributed by atoms with Gasteiger partial charge in [0.2, 0.25) is 0 Å². The maximum absolute atomic E-state index is 12.4. The van der Waals surface area contributed by atoms with Crippen LogP contribution in [0, 0.1) is 6.92 Å². The molecule has 3 heteroatoms. The first-order valence-electron chi connectivity index (χ1n) is 6.57. The van der Waals surface area contributed by atoms with Gasteiger partial charge >= 0.3 is 0 Å². The standard InChI is InChI=1S/C15H21NO2/c1-5-6-9-16-12-10-11(2)7-8-13(12)18-15(3,4)14(16)17/h7-8,10H,5-6,9H2,1-4H3. The van der Waals surface area contributed by atoms with Crippen LogP contribution in [0.5, 0.6) is 5.75 Å². The van der Waals surface area contributed by atoms with E-state index in [-0.39, 0.29) is 5.91 Å². The van der Waals surface area contributed by atoms with Gasteiger partial charge in [-0.3, -0.25) is 4.79 Å². The van der Waals surface area contributed by atoms with Crippen LogP contribution in [-0.2, 0) is 4.79 Å². The number of rotatable bonds is 3. The molecule has 0 aromatic heterocycles. The van der Waals surface area contributed by atoms with Crippen LogP contribution in [0.1, 0.15) is 39.2 Å². The van der Waals surface area contributed by atoms with Gasteiger partial charge in [-0.15, -0.1) is 0 Å². The molecule has 0 saturated carbocycles. The molecule has 1 aromatic carbocycles. The van der Waals surface area contributed by atoms with Crippen molar-refractivity contribution in [2.45, 2.75) is 46.1 Å². The van der Waals surface area contributed by atoms with Crippen molar-refractivity contribution in [3.63, 3.8) is 0 Å². The fourth-order valence-corrected chi connectivity index (χ4v) is 2.22. The summed E-state index contributed by atoms with van der Waals surface area (Å²) in [5.41, 5.74) is 1.29. The third-order valence-electron chi connectivity index (χ3n) is 3.27.